The summed E-state index contributed by atoms with van der Waals surface area (Å²) in [5, 5.41) is 10.3. The molecule has 2 aromatic heterocycles. The van der Waals surface area contributed by atoms with E-state index in [-0.39, 0.29) is 5.91 Å². The van der Waals surface area contributed by atoms with Gasteiger partial charge in [-0.25, -0.2) is 4.98 Å². The van der Waals surface area contributed by atoms with E-state index in [1.165, 1.54) is 34.6 Å². The van der Waals surface area contributed by atoms with Gasteiger partial charge < -0.3 is 5.32 Å². The van der Waals surface area contributed by atoms with Crippen LogP contribution in [0.15, 0.2) is 30.3 Å². The number of amides is 1. The number of aryl methyl sites for hydroxylation is 2. The van der Waals surface area contributed by atoms with E-state index in [1.54, 1.807) is 0 Å². The summed E-state index contributed by atoms with van der Waals surface area (Å²) in [5.41, 5.74) is 2.89. The van der Waals surface area contributed by atoms with Gasteiger partial charge in [-0.1, -0.05) is 19.1 Å². The molecule has 0 saturated heterocycles. The minimum Gasteiger partial charge on any atom is -0.321 e. The number of thiophene rings is 1. The van der Waals surface area contributed by atoms with E-state index in [2.05, 4.69) is 34.3 Å². The monoisotopic (exact) mass is 352 g/mol. The van der Waals surface area contributed by atoms with Crippen molar-refractivity contribution < 1.29 is 4.79 Å². The first-order chi connectivity index (χ1) is 12.1. The largest absolute Gasteiger partial charge is 0.321 e. The van der Waals surface area contributed by atoms with E-state index in [0.29, 0.717) is 11.7 Å². The van der Waals surface area contributed by atoms with E-state index >= 15 is 0 Å². The third kappa shape index (κ3) is 3.35. The van der Waals surface area contributed by atoms with Gasteiger partial charge in [0, 0.05) is 22.0 Å². The lowest BCUT2D eigenvalue weighted by atomic mass is 10.2. The average Bonchev–Trinajstić information content (AvgIpc) is 3.21. The second kappa shape index (κ2) is 6.44. The number of aromatic amines is 1. The molecular formula is C19H20N4OS. The Kier molecular flexibility index (Phi) is 4.13. The van der Waals surface area contributed by atoms with E-state index in [1.807, 2.05) is 30.3 Å². The number of carbonyl (C=O) groups excluding carboxylic acids is 1. The summed E-state index contributed by atoms with van der Waals surface area (Å²) in [6.07, 6.45) is 3.31. The number of hydrogen-bond acceptors (Lipinski definition) is 4. The first-order valence-electron chi connectivity index (χ1n) is 8.57. The molecule has 0 spiro atoms. The van der Waals surface area contributed by atoms with Gasteiger partial charge in [0.15, 0.2) is 5.82 Å². The number of nitrogens with one attached hydrogen (secondary N) is 2. The fraction of sp³-hybridized carbons (Fsp3) is 0.316. The Hall–Kier alpha value is -2.47. The average molecular weight is 352 g/mol. The molecule has 128 valence electrons. The minimum atomic E-state index is -0.0707. The van der Waals surface area contributed by atoms with Gasteiger partial charge in [-0.3, -0.25) is 9.89 Å². The molecule has 1 fully saturated rings. The van der Waals surface area contributed by atoms with E-state index in [0.717, 1.165) is 28.4 Å². The standard InChI is InChI=1S/C19H20N4OS/c1-3-12-10-16(25-11(12)2)19(24)20-15-6-4-5-14(9-15)18-21-17(22-23-18)13-7-8-13/h4-6,9-10,13H,3,7-8H2,1-2H3,(H,20,24)(H,21,22,23). The molecule has 0 atom stereocenters. The van der Waals surface area contributed by atoms with Gasteiger partial charge in [0.05, 0.1) is 4.88 Å². The first-order valence-corrected chi connectivity index (χ1v) is 9.39. The molecule has 0 bridgehead atoms. The smallest absolute Gasteiger partial charge is 0.265 e. The molecule has 1 aliphatic rings. The highest BCUT2D eigenvalue weighted by Gasteiger charge is 2.27. The zero-order chi connectivity index (χ0) is 17.4. The normalized spacial score (nSPS) is 13.8. The summed E-state index contributed by atoms with van der Waals surface area (Å²) in [7, 11) is 0. The summed E-state index contributed by atoms with van der Waals surface area (Å²) in [5.74, 6) is 2.11. The van der Waals surface area contributed by atoms with Crippen molar-refractivity contribution in [2.75, 3.05) is 5.32 Å². The molecule has 3 aromatic rings. The molecule has 1 amide bonds. The van der Waals surface area contributed by atoms with Gasteiger partial charge in [0.1, 0.15) is 5.82 Å². The Morgan fingerprint density at radius 3 is 2.92 bits per heavy atom. The van der Waals surface area contributed by atoms with E-state index in [4.69, 9.17) is 0 Å². The van der Waals surface area contributed by atoms with Crippen LogP contribution >= 0.6 is 11.3 Å². The second-order valence-electron chi connectivity index (χ2n) is 6.40. The van der Waals surface area contributed by atoms with Crippen LogP contribution in [0.4, 0.5) is 5.69 Å². The summed E-state index contributed by atoms with van der Waals surface area (Å²) >= 11 is 1.54. The lowest BCUT2D eigenvalue weighted by Gasteiger charge is -2.05. The number of benzene rings is 1. The van der Waals surface area contributed by atoms with Gasteiger partial charge in [-0.15, -0.1) is 11.3 Å². The topological polar surface area (TPSA) is 70.7 Å². The molecule has 5 nitrogen and oxygen atoms in total. The fourth-order valence-electron chi connectivity index (χ4n) is 2.85. The molecule has 1 saturated carbocycles. The van der Waals surface area contributed by atoms with Crippen molar-refractivity contribution in [3.8, 4) is 11.4 Å². The number of anilines is 1. The molecule has 0 radical (unpaired) electrons. The number of hydrogen-bond donors (Lipinski definition) is 2. The number of H-pyrrole nitrogens is 1. The Balaban J connectivity index is 1.53. The highest BCUT2D eigenvalue weighted by atomic mass is 32.1. The zero-order valence-electron chi connectivity index (χ0n) is 14.3. The fourth-order valence-corrected chi connectivity index (χ4v) is 3.86. The molecule has 1 aromatic carbocycles. The Labute approximate surface area is 150 Å². The minimum absolute atomic E-state index is 0.0707. The Morgan fingerprint density at radius 1 is 1.36 bits per heavy atom. The maximum atomic E-state index is 12.5. The summed E-state index contributed by atoms with van der Waals surface area (Å²) in [4.78, 5) is 19.0. The highest BCUT2D eigenvalue weighted by molar-refractivity contribution is 7.14. The van der Waals surface area contributed by atoms with Crippen LogP contribution in [0.25, 0.3) is 11.4 Å². The van der Waals surface area contributed by atoms with Crippen molar-refractivity contribution >= 4 is 22.9 Å². The lowest BCUT2D eigenvalue weighted by molar-refractivity contribution is 0.103. The number of aromatic nitrogens is 3. The Bertz CT molecular complexity index is 923. The molecule has 1 aliphatic carbocycles. The van der Waals surface area contributed by atoms with Crippen LogP contribution in [0, 0.1) is 6.92 Å². The van der Waals surface area contributed by atoms with Crippen LogP contribution in [-0.4, -0.2) is 21.1 Å². The SMILES string of the molecule is CCc1cc(C(=O)Nc2cccc(-c3n[nH]c(C4CC4)n3)c2)sc1C. The zero-order valence-corrected chi connectivity index (χ0v) is 15.1. The van der Waals surface area contributed by atoms with Crippen molar-refractivity contribution in [1.29, 1.82) is 0 Å². The van der Waals surface area contributed by atoms with Gasteiger partial charge in [-0.2, -0.15) is 5.10 Å². The number of rotatable bonds is 5. The summed E-state index contributed by atoms with van der Waals surface area (Å²) in [6.45, 7) is 4.16. The van der Waals surface area contributed by atoms with Crippen LogP contribution < -0.4 is 5.32 Å². The number of nitrogens with zero attached hydrogens (tertiary/aromatic N) is 2. The maximum absolute atomic E-state index is 12.5. The van der Waals surface area contributed by atoms with Gasteiger partial charge in [0.25, 0.3) is 5.91 Å². The van der Waals surface area contributed by atoms with Crippen molar-refractivity contribution in [2.45, 2.75) is 39.0 Å². The highest BCUT2D eigenvalue weighted by Crippen LogP contribution is 2.38. The maximum Gasteiger partial charge on any atom is 0.265 e. The van der Waals surface area contributed by atoms with Crippen LogP contribution in [0.2, 0.25) is 0 Å². The quantitative estimate of drug-likeness (QED) is 0.708. The van der Waals surface area contributed by atoms with Crippen molar-refractivity contribution in [2.24, 2.45) is 0 Å². The van der Waals surface area contributed by atoms with Crippen LogP contribution in [0.5, 0.6) is 0 Å². The van der Waals surface area contributed by atoms with Crippen molar-refractivity contribution in [3.63, 3.8) is 0 Å². The van der Waals surface area contributed by atoms with Crippen LogP contribution in [0.1, 0.15) is 51.6 Å². The summed E-state index contributed by atoms with van der Waals surface area (Å²) in [6, 6.07) is 9.65. The molecular weight excluding hydrogens is 332 g/mol. The predicted molar refractivity (Wildman–Crippen MR) is 100 cm³/mol. The van der Waals surface area contributed by atoms with E-state index < -0.39 is 0 Å². The number of carbonyl (C=O) groups is 1. The van der Waals surface area contributed by atoms with Crippen LogP contribution in [-0.2, 0) is 6.42 Å². The first kappa shape index (κ1) is 16.0. The molecule has 4 rings (SSSR count). The third-order valence-corrected chi connectivity index (χ3v) is 5.56. The molecule has 0 aliphatic heterocycles. The van der Waals surface area contributed by atoms with E-state index in [9.17, 15) is 4.79 Å². The van der Waals surface area contributed by atoms with Crippen molar-refractivity contribution in [3.05, 3.63) is 51.5 Å². The molecule has 2 N–H and O–H groups in total. The summed E-state index contributed by atoms with van der Waals surface area (Å²) < 4.78 is 0. The molecule has 0 unspecified atom stereocenters. The molecule has 25 heavy (non-hydrogen) atoms. The van der Waals surface area contributed by atoms with Crippen LogP contribution in [0.3, 0.4) is 0 Å². The predicted octanol–water partition coefficient (Wildman–Crippen LogP) is 4.53. The molecule has 2 heterocycles. The Morgan fingerprint density at radius 2 is 2.20 bits per heavy atom. The van der Waals surface area contributed by atoms with Gasteiger partial charge in [-0.05, 0) is 49.9 Å². The van der Waals surface area contributed by atoms with Gasteiger partial charge >= 0.3 is 0 Å². The van der Waals surface area contributed by atoms with Crippen molar-refractivity contribution in [1.82, 2.24) is 15.2 Å². The second-order valence-corrected chi connectivity index (χ2v) is 7.66. The third-order valence-electron chi connectivity index (χ3n) is 4.47. The van der Waals surface area contributed by atoms with Gasteiger partial charge in [0.2, 0.25) is 0 Å². The molecule has 6 heteroatoms. The lowest BCUT2D eigenvalue weighted by Crippen LogP contribution is -2.10.